The molecule has 1 aliphatic carbocycles. The van der Waals surface area contributed by atoms with Gasteiger partial charge in [-0.15, -0.1) is 0 Å². The summed E-state index contributed by atoms with van der Waals surface area (Å²) in [4.78, 5) is 2.48. The number of aryl methyl sites for hydroxylation is 1. The minimum Gasteiger partial charge on any atom is -0.508 e. The van der Waals surface area contributed by atoms with Crippen LogP contribution in [0, 0.1) is 0 Å². The average Bonchev–Trinajstić information content (AvgIpc) is 2.73. The first kappa shape index (κ1) is 10.1. The zero-order valence-corrected chi connectivity index (χ0v) is 9.35. The molecule has 1 aliphatic heterocycles. The summed E-state index contributed by atoms with van der Waals surface area (Å²) in [6.45, 7) is 3.70. The van der Waals surface area contributed by atoms with Crippen molar-refractivity contribution in [2.75, 3.05) is 26.3 Å². The Balaban J connectivity index is 1.86. The van der Waals surface area contributed by atoms with Crippen LogP contribution in [0.25, 0.3) is 0 Å². The maximum atomic E-state index is 9.57. The Morgan fingerprint density at radius 3 is 2.88 bits per heavy atom. The van der Waals surface area contributed by atoms with Gasteiger partial charge in [0, 0.05) is 19.1 Å². The topological polar surface area (TPSA) is 32.7 Å². The molecule has 1 fully saturated rings. The van der Waals surface area contributed by atoms with Crippen LogP contribution in [0.15, 0.2) is 18.2 Å². The Labute approximate surface area is 95.6 Å². The van der Waals surface area contributed by atoms with Gasteiger partial charge in [-0.25, -0.2) is 0 Å². The molecular weight excluding hydrogens is 202 g/mol. The second-order valence-electron chi connectivity index (χ2n) is 4.59. The fraction of sp³-hybridized carbons (Fsp3) is 0.538. The first-order valence-corrected chi connectivity index (χ1v) is 5.98. The molecule has 3 heteroatoms. The molecule has 0 radical (unpaired) electrons. The van der Waals surface area contributed by atoms with Crippen LogP contribution in [-0.4, -0.2) is 36.3 Å². The molecule has 2 aliphatic rings. The second-order valence-corrected chi connectivity index (χ2v) is 4.59. The lowest BCUT2D eigenvalue weighted by Gasteiger charge is -2.32. The molecule has 3 nitrogen and oxygen atoms in total. The van der Waals surface area contributed by atoms with Crippen molar-refractivity contribution in [3.8, 4) is 5.75 Å². The van der Waals surface area contributed by atoms with E-state index in [0.29, 0.717) is 11.8 Å². The van der Waals surface area contributed by atoms with Gasteiger partial charge in [-0.2, -0.15) is 0 Å². The van der Waals surface area contributed by atoms with Gasteiger partial charge in [-0.3, -0.25) is 4.90 Å². The van der Waals surface area contributed by atoms with Crippen molar-refractivity contribution in [2.45, 2.75) is 18.9 Å². The number of aromatic hydroxyl groups is 1. The quantitative estimate of drug-likeness (QED) is 0.780. The number of benzene rings is 1. The first-order valence-electron chi connectivity index (χ1n) is 5.98. The molecule has 1 saturated heterocycles. The predicted octanol–water partition coefficient (Wildman–Crippen LogP) is 1.71. The Morgan fingerprint density at radius 1 is 1.25 bits per heavy atom. The Morgan fingerprint density at radius 2 is 2.06 bits per heavy atom. The van der Waals surface area contributed by atoms with Crippen molar-refractivity contribution in [3.05, 3.63) is 29.3 Å². The average molecular weight is 219 g/mol. The van der Waals surface area contributed by atoms with Gasteiger partial charge in [0.05, 0.1) is 13.2 Å². The van der Waals surface area contributed by atoms with Crippen LogP contribution in [0.5, 0.6) is 5.75 Å². The van der Waals surface area contributed by atoms with E-state index < -0.39 is 0 Å². The summed E-state index contributed by atoms with van der Waals surface area (Å²) in [6.07, 6.45) is 2.32. The third kappa shape index (κ3) is 1.70. The van der Waals surface area contributed by atoms with Gasteiger partial charge < -0.3 is 9.84 Å². The van der Waals surface area contributed by atoms with E-state index in [1.54, 1.807) is 6.07 Å². The molecule has 16 heavy (non-hydrogen) atoms. The predicted molar refractivity (Wildman–Crippen MR) is 61.6 cm³/mol. The molecule has 0 aromatic heterocycles. The van der Waals surface area contributed by atoms with Crippen LogP contribution >= 0.6 is 0 Å². The monoisotopic (exact) mass is 219 g/mol. The largest absolute Gasteiger partial charge is 0.508 e. The summed E-state index contributed by atoms with van der Waals surface area (Å²) in [5.74, 6) is 0.388. The number of phenolic OH excluding ortho intramolecular Hbond substituents is 1. The molecule has 0 spiro atoms. The van der Waals surface area contributed by atoms with E-state index in [1.165, 1.54) is 17.5 Å². The van der Waals surface area contributed by atoms with Gasteiger partial charge in [0.2, 0.25) is 0 Å². The highest BCUT2D eigenvalue weighted by molar-refractivity contribution is 5.40. The highest BCUT2D eigenvalue weighted by atomic mass is 16.5. The van der Waals surface area contributed by atoms with E-state index in [-0.39, 0.29) is 0 Å². The molecule has 0 amide bonds. The number of hydrogen-bond acceptors (Lipinski definition) is 3. The van der Waals surface area contributed by atoms with Crippen molar-refractivity contribution in [2.24, 2.45) is 0 Å². The first-order chi connectivity index (χ1) is 7.84. The van der Waals surface area contributed by atoms with E-state index in [0.717, 1.165) is 32.7 Å². The number of rotatable bonds is 1. The van der Waals surface area contributed by atoms with Crippen LogP contribution in [-0.2, 0) is 11.2 Å². The van der Waals surface area contributed by atoms with Crippen LogP contribution in [0.4, 0.5) is 0 Å². The maximum absolute atomic E-state index is 9.57. The number of morpholine rings is 1. The summed E-state index contributed by atoms with van der Waals surface area (Å²) in [7, 11) is 0. The number of hydrogen-bond donors (Lipinski definition) is 1. The smallest absolute Gasteiger partial charge is 0.115 e. The van der Waals surface area contributed by atoms with Crippen LogP contribution in [0.3, 0.4) is 0 Å². The van der Waals surface area contributed by atoms with E-state index in [2.05, 4.69) is 11.0 Å². The van der Waals surface area contributed by atoms with Crippen molar-refractivity contribution >= 4 is 0 Å². The molecule has 0 bridgehead atoms. The van der Waals surface area contributed by atoms with E-state index in [9.17, 15) is 5.11 Å². The molecule has 1 atom stereocenters. The van der Waals surface area contributed by atoms with Crippen molar-refractivity contribution in [3.63, 3.8) is 0 Å². The highest BCUT2D eigenvalue weighted by Gasteiger charge is 2.28. The van der Waals surface area contributed by atoms with Crippen molar-refractivity contribution in [1.82, 2.24) is 4.90 Å². The molecule has 0 saturated carbocycles. The number of nitrogens with zero attached hydrogens (tertiary/aromatic N) is 1. The molecule has 86 valence electrons. The van der Waals surface area contributed by atoms with Crippen LogP contribution in [0.2, 0.25) is 0 Å². The summed E-state index contributed by atoms with van der Waals surface area (Å²) >= 11 is 0. The number of phenols is 1. The normalized spacial score (nSPS) is 25.6. The molecule has 1 N–H and O–H groups in total. The van der Waals surface area contributed by atoms with Crippen LogP contribution < -0.4 is 0 Å². The summed E-state index contributed by atoms with van der Waals surface area (Å²) in [5.41, 5.74) is 2.72. The van der Waals surface area contributed by atoms with Gasteiger partial charge in [0.25, 0.3) is 0 Å². The second kappa shape index (κ2) is 4.07. The number of ether oxygens (including phenoxy) is 1. The molecule has 1 aromatic rings. The minimum atomic E-state index is 0.388. The van der Waals surface area contributed by atoms with Gasteiger partial charge in [0.15, 0.2) is 0 Å². The lowest BCUT2D eigenvalue weighted by atomic mass is 10.1. The Hall–Kier alpha value is -1.06. The standard InChI is InChI=1S/C13H17NO2/c15-11-3-1-10-2-4-13(12(10)9-11)14-5-7-16-8-6-14/h1,3,9,13,15H,2,4-8H2. The zero-order chi connectivity index (χ0) is 11.0. The Bertz CT molecular complexity index is 386. The molecule has 1 unspecified atom stereocenters. The third-order valence-electron chi connectivity index (χ3n) is 3.66. The summed E-state index contributed by atoms with van der Waals surface area (Å²) < 4.78 is 5.38. The van der Waals surface area contributed by atoms with Gasteiger partial charge >= 0.3 is 0 Å². The summed E-state index contributed by atoms with van der Waals surface area (Å²) in [5, 5.41) is 9.57. The van der Waals surface area contributed by atoms with E-state index in [4.69, 9.17) is 4.74 Å². The van der Waals surface area contributed by atoms with Gasteiger partial charge in [0.1, 0.15) is 5.75 Å². The minimum absolute atomic E-state index is 0.388. The lowest BCUT2D eigenvalue weighted by Crippen LogP contribution is -2.38. The number of fused-ring (bicyclic) bond motifs is 1. The summed E-state index contributed by atoms with van der Waals surface area (Å²) in [6, 6.07) is 6.28. The Kier molecular flexibility index (Phi) is 2.58. The maximum Gasteiger partial charge on any atom is 0.115 e. The van der Waals surface area contributed by atoms with E-state index >= 15 is 0 Å². The van der Waals surface area contributed by atoms with E-state index in [1.807, 2.05) is 6.07 Å². The van der Waals surface area contributed by atoms with Crippen molar-refractivity contribution < 1.29 is 9.84 Å². The fourth-order valence-electron chi connectivity index (χ4n) is 2.84. The zero-order valence-electron chi connectivity index (χ0n) is 9.35. The SMILES string of the molecule is Oc1ccc2c(c1)C(N1CCOCC1)CC2. The molecule has 1 aromatic carbocycles. The van der Waals surface area contributed by atoms with Gasteiger partial charge in [-0.1, -0.05) is 6.07 Å². The van der Waals surface area contributed by atoms with Crippen LogP contribution in [0.1, 0.15) is 23.6 Å². The lowest BCUT2D eigenvalue weighted by molar-refractivity contribution is 0.0164. The van der Waals surface area contributed by atoms with Crippen molar-refractivity contribution in [1.29, 1.82) is 0 Å². The third-order valence-corrected chi connectivity index (χ3v) is 3.66. The molecular formula is C13H17NO2. The highest BCUT2D eigenvalue weighted by Crippen LogP contribution is 2.37. The molecule has 1 heterocycles. The van der Waals surface area contributed by atoms with Gasteiger partial charge in [-0.05, 0) is 36.1 Å². The fourth-order valence-corrected chi connectivity index (χ4v) is 2.84. The molecule has 3 rings (SSSR count).